The van der Waals surface area contributed by atoms with Crippen LogP contribution in [0.3, 0.4) is 0 Å². The van der Waals surface area contributed by atoms with E-state index >= 15 is 0 Å². The quantitative estimate of drug-likeness (QED) is 0.129. The molecule has 0 unspecified atom stereocenters. The highest BCUT2D eigenvalue weighted by Crippen LogP contribution is 2.27. The van der Waals surface area contributed by atoms with Crippen LogP contribution in [0.5, 0.6) is 5.75 Å². The number of nitrogens with zero attached hydrogens (tertiary/aromatic N) is 2. The van der Waals surface area contributed by atoms with E-state index in [1.54, 1.807) is 6.20 Å². The molecule has 0 fully saturated rings. The number of benzene rings is 2. The number of esters is 1. The summed E-state index contributed by atoms with van der Waals surface area (Å²) in [4.78, 5) is 22.0. The summed E-state index contributed by atoms with van der Waals surface area (Å²) >= 11 is 0. The maximum Gasteiger partial charge on any atom is 0.341 e. The van der Waals surface area contributed by atoms with E-state index in [1.165, 1.54) is 20.5 Å². The van der Waals surface area contributed by atoms with Gasteiger partial charge in [0.2, 0.25) is 0 Å². The Bertz CT molecular complexity index is 1220. The van der Waals surface area contributed by atoms with E-state index in [9.17, 15) is 4.79 Å². The molecular weight excluding hydrogens is 444 g/mol. The molecule has 0 N–H and O–H groups in total. The Labute approximate surface area is 206 Å². The third-order valence-electron chi connectivity index (χ3n) is 5.38. The number of aromatic nitrogens is 1. The summed E-state index contributed by atoms with van der Waals surface area (Å²) in [5.41, 5.74) is 6.40. The van der Waals surface area contributed by atoms with Crippen LogP contribution in [0.25, 0.3) is 5.57 Å². The van der Waals surface area contributed by atoms with Crippen LogP contribution in [0, 0.1) is 13.8 Å². The van der Waals surface area contributed by atoms with Gasteiger partial charge in [-0.15, -0.1) is 0 Å². The Kier molecular flexibility index (Phi) is 9.01. The van der Waals surface area contributed by atoms with E-state index in [2.05, 4.69) is 10.1 Å². The van der Waals surface area contributed by atoms with Crippen molar-refractivity contribution in [1.82, 2.24) is 4.98 Å². The van der Waals surface area contributed by atoms with Crippen molar-refractivity contribution < 1.29 is 23.8 Å². The molecule has 0 aliphatic heterocycles. The van der Waals surface area contributed by atoms with E-state index in [-0.39, 0.29) is 6.61 Å². The molecule has 3 rings (SSSR count). The van der Waals surface area contributed by atoms with Gasteiger partial charge in [0.15, 0.2) is 6.61 Å². The summed E-state index contributed by atoms with van der Waals surface area (Å²) in [7, 11) is 2.83. The Morgan fingerprint density at radius 3 is 2.46 bits per heavy atom. The molecule has 0 amide bonds. The minimum Gasteiger partial charge on any atom is -0.503 e. The number of rotatable bonds is 10. The molecule has 0 saturated heterocycles. The second-order valence-electron chi connectivity index (χ2n) is 7.91. The number of methoxy groups -OCH3 is 2. The first-order valence-corrected chi connectivity index (χ1v) is 11.1. The maximum absolute atomic E-state index is 12.2. The average Bonchev–Trinajstić information content (AvgIpc) is 2.88. The van der Waals surface area contributed by atoms with Crippen LogP contribution in [0.4, 0.5) is 0 Å². The molecule has 7 nitrogen and oxygen atoms in total. The van der Waals surface area contributed by atoms with Crippen LogP contribution in [0.2, 0.25) is 0 Å². The fraction of sp³-hybridized carbons (Fsp3) is 0.250. The van der Waals surface area contributed by atoms with Crippen LogP contribution in [-0.4, -0.2) is 30.9 Å². The highest BCUT2D eigenvalue weighted by Gasteiger charge is 2.17. The fourth-order valence-electron chi connectivity index (χ4n) is 3.58. The van der Waals surface area contributed by atoms with Gasteiger partial charge in [-0.3, -0.25) is 4.98 Å². The van der Waals surface area contributed by atoms with Crippen molar-refractivity contribution in [2.45, 2.75) is 34.0 Å². The van der Waals surface area contributed by atoms with E-state index < -0.39 is 5.97 Å². The zero-order valence-electron chi connectivity index (χ0n) is 20.7. The van der Waals surface area contributed by atoms with Crippen molar-refractivity contribution in [1.29, 1.82) is 0 Å². The molecule has 35 heavy (non-hydrogen) atoms. The zero-order chi connectivity index (χ0) is 25.2. The molecule has 0 aliphatic carbocycles. The molecular formula is C28H30N2O5. The van der Waals surface area contributed by atoms with Gasteiger partial charge in [0.25, 0.3) is 0 Å². The third-order valence-corrected chi connectivity index (χ3v) is 5.38. The van der Waals surface area contributed by atoms with Gasteiger partial charge in [0, 0.05) is 11.8 Å². The van der Waals surface area contributed by atoms with E-state index in [1.807, 2.05) is 75.4 Å². The average molecular weight is 475 g/mol. The molecule has 1 aromatic heterocycles. The van der Waals surface area contributed by atoms with Crippen molar-refractivity contribution in [2.24, 2.45) is 5.16 Å². The Balaban J connectivity index is 1.75. The summed E-state index contributed by atoms with van der Waals surface area (Å²) in [6.45, 7) is 6.48. The van der Waals surface area contributed by atoms with Crippen LogP contribution in [0.1, 0.15) is 40.4 Å². The van der Waals surface area contributed by atoms with E-state index in [0.717, 1.165) is 39.4 Å². The highest BCUT2D eigenvalue weighted by molar-refractivity contribution is 6.16. The van der Waals surface area contributed by atoms with Crippen LogP contribution in [0.15, 0.2) is 72.2 Å². The first kappa shape index (κ1) is 25.5. The van der Waals surface area contributed by atoms with Gasteiger partial charge in [0.05, 0.1) is 31.9 Å². The van der Waals surface area contributed by atoms with Gasteiger partial charge in [0.1, 0.15) is 17.9 Å². The Morgan fingerprint density at radius 2 is 1.74 bits per heavy atom. The molecule has 3 aromatic rings. The number of ether oxygens (including phenoxy) is 3. The minimum absolute atomic E-state index is 0.272. The maximum atomic E-state index is 12.2. The van der Waals surface area contributed by atoms with Crippen LogP contribution < -0.4 is 4.74 Å². The molecule has 182 valence electrons. The molecule has 0 saturated carbocycles. The first-order valence-electron chi connectivity index (χ1n) is 11.1. The lowest BCUT2D eigenvalue weighted by Crippen LogP contribution is -2.09. The molecule has 0 aliphatic rings. The van der Waals surface area contributed by atoms with Crippen molar-refractivity contribution in [3.05, 3.63) is 101 Å². The number of hydrogen-bond donors (Lipinski definition) is 0. The van der Waals surface area contributed by atoms with Crippen LogP contribution in [-0.2, 0) is 32.3 Å². The van der Waals surface area contributed by atoms with Gasteiger partial charge in [-0.2, -0.15) is 0 Å². The highest BCUT2D eigenvalue weighted by atomic mass is 16.6. The van der Waals surface area contributed by atoms with E-state index in [0.29, 0.717) is 17.7 Å². The third kappa shape index (κ3) is 6.69. The van der Waals surface area contributed by atoms with Crippen molar-refractivity contribution >= 4 is 17.3 Å². The SMILES string of the molecule is CO/C=C(/C(=O)OC)c1ccccc1COc1cc(C)c(/C(C)=N/OCc2ccccn2)cc1C. The normalized spacial score (nSPS) is 11.7. The molecule has 0 atom stereocenters. The number of carbonyl (C=O) groups is 1. The summed E-state index contributed by atoms with van der Waals surface area (Å²) in [5.74, 6) is 0.273. The van der Waals surface area contributed by atoms with Crippen LogP contribution >= 0.6 is 0 Å². The first-order chi connectivity index (χ1) is 16.9. The number of carbonyl (C=O) groups excluding carboxylic acids is 1. The molecule has 0 spiro atoms. The zero-order valence-corrected chi connectivity index (χ0v) is 20.7. The van der Waals surface area contributed by atoms with Gasteiger partial charge in [-0.25, -0.2) is 4.79 Å². The molecule has 7 heteroatoms. The van der Waals surface area contributed by atoms with E-state index in [4.69, 9.17) is 19.0 Å². The summed E-state index contributed by atoms with van der Waals surface area (Å²) in [6.07, 6.45) is 3.11. The Morgan fingerprint density at radius 1 is 0.971 bits per heavy atom. The number of oxime groups is 1. The smallest absolute Gasteiger partial charge is 0.341 e. The lowest BCUT2D eigenvalue weighted by atomic mass is 10.0. The number of hydrogen-bond acceptors (Lipinski definition) is 7. The minimum atomic E-state index is -0.476. The number of aryl methyl sites for hydroxylation is 2. The second kappa shape index (κ2) is 12.4. The van der Waals surface area contributed by atoms with Gasteiger partial charge in [-0.05, 0) is 67.3 Å². The lowest BCUT2D eigenvalue weighted by molar-refractivity contribution is -0.133. The molecule has 2 aromatic carbocycles. The van der Waals surface area contributed by atoms with Gasteiger partial charge < -0.3 is 19.0 Å². The monoisotopic (exact) mass is 474 g/mol. The predicted molar refractivity (Wildman–Crippen MR) is 135 cm³/mol. The predicted octanol–water partition coefficient (Wildman–Crippen LogP) is 5.38. The summed E-state index contributed by atoms with van der Waals surface area (Å²) in [5, 5.41) is 4.26. The lowest BCUT2D eigenvalue weighted by Gasteiger charge is -2.16. The largest absolute Gasteiger partial charge is 0.503 e. The fourth-order valence-corrected chi connectivity index (χ4v) is 3.58. The standard InChI is InChI=1S/C28H30N2O5/c1-19-15-27(20(2)14-25(19)21(3)30-35-17-23-11-8-9-13-29-23)34-16-22-10-6-7-12-24(22)26(18-32-4)28(31)33-5/h6-15,18H,16-17H2,1-5H3/b26-18+,30-21+. The van der Waals surface area contributed by atoms with Crippen molar-refractivity contribution in [2.75, 3.05) is 14.2 Å². The van der Waals surface area contributed by atoms with Gasteiger partial charge >= 0.3 is 5.97 Å². The van der Waals surface area contributed by atoms with Gasteiger partial charge in [-0.1, -0.05) is 35.5 Å². The Hall–Kier alpha value is -4.13. The van der Waals surface area contributed by atoms with Crippen molar-refractivity contribution in [3.63, 3.8) is 0 Å². The summed E-state index contributed by atoms with van der Waals surface area (Å²) < 4.78 is 16.2. The molecule has 0 bridgehead atoms. The summed E-state index contributed by atoms with van der Waals surface area (Å²) in [6, 6.07) is 17.2. The topological polar surface area (TPSA) is 79.2 Å². The molecule has 1 heterocycles. The van der Waals surface area contributed by atoms with Crippen molar-refractivity contribution in [3.8, 4) is 5.75 Å². The molecule has 0 radical (unpaired) electrons. The second-order valence-corrected chi connectivity index (χ2v) is 7.91. The number of pyridine rings is 1.